The molecule has 1 unspecified atom stereocenters. The second-order valence-electron chi connectivity index (χ2n) is 3.77. The Labute approximate surface area is 98.8 Å². The first-order chi connectivity index (χ1) is 8.26. The molecule has 1 aliphatic heterocycles. The zero-order valence-electron chi connectivity index (χ0n) is 9.17. The molecule has 17 heavy (non-hydrogen) atoms. The third-order valence-electron chi connectivity index (χ3n) is 2.72. The number of carbonyl (C=O) groups is 1. The average Bonchev–Trinajstić information content (AvgIpc) is 2.38. The Morgan fingerprint density at radius 2 is 2.18 bits per heavy atom. The second kappa shape index (κ2) is 4.85. The highest BCUT2D eigenvalue weighted by molar-refractivity contribution is 5.89. The van der Waals surface area contributed by atoms with Crippen LogP contribution in [0.25, 0.3) is 0 Å². The summed E-state index contributed by atoms with van der Waals surface area (Å²) in [6.07, 6.45) is 0.141. The maximum atomic E-state index is 11.6. The number of anilines is 1. The van der Waals surface area contributed by atoms with Crippen molar-refractivity contribution in [2.75, 3.05) is 18.1 Å². The van der Waals surface area contributed by atoms with Crippen LogP contribution in [0, 0.1) is 11.3 Å². The van der Waals surface area contributed by atoms with Gasteiger partial charge in [0.2, 0.25) is 0 Å². The summed E-state index contributed by atoms with van der Waals surface area (Å²) in [5, 5.41) is 17.9. The van der Waals surface area contributed by atoms with Crippen molar-refractivity contribution in [3.8, 4) is 6.07 Å². The average molecular weight is 232 g/mol. The molecule has 1 saturated heterocycles. The number of hydrogen-bond donors (Lipinski definition) is 1. The van der Waals surface area contributed by atoms with E-state index in [1.165, 1.54) is 4.90 Å². The zero-order chi connectivity index (χ0) is 12.3. The summed E-state index contributed by atoms with van der Waals surface area (Å²) in [6, 6.07) is 8.36. The number of ether oxygens (including phenoxy) is 1. The van der Waals surface area contributed by atoms with Crippen molar-refractivity contribution < 1.29 is 14.6 Å². The first kappa shape index (κ1) is 11.4. The molecule has 2 rings (SSSR count). The zero-order valence-corrected chi connectivity index (χ0v) is 9.17. The summed E-state index contributed by atoms with van der Waals surface area (Å²) in [7, 11) is 0. The summed E-state index contributed by atoms with van der Waals surface area (Å²) in [5.74, 6) is 0. The molecular weight excluding hydrogens is 220 g/mol. The number of hydrogen-bond acceptors (Lipinski definition) is 4. The third kappa shape index (κ3) is 2.22. The Bertz CT molecular complexity index is 450. The highest BCUT2D eigenvalue weighted by Gasteiger charge is 2.30. The molecular formula is C12H12N2O3. The van der Waals surface area contributed by atoms with E-state index in [1.54, 1.807) is 24.3 Å². The van der Waals surface area contributed by atoms with E-state index in [9.17, 15) is 9.90 Å². The van der Waals surface area contributed by atoms with Crippen LogP contribution in [-0.4, -0.2) is 30.5 Å². The molecule has 5 heteroatoms. The predicted octanol–water partition coefficient (Wildman–Crippen LogP) is 1.27. The second-order valence-corrected chi connectivity index (χ2v) is 3.77. The van der Waals surface area contributed by atoms with Crippen LogP contribution in [-0.2, 0) is 4.74 Å². The standard InChI is InChI=1S/C12H12N2O3/c13-7-9-1-3-10(4-2-9)14-11(8-15)5-6-17-12(14)16/h1-4,11,15H,5-6,8H2. The Hall–Kier alpha value is -2.06. The minimum atomic E-state index is -0.458. The fourth-order valence-corrected chi connectivity index (χ4v) is 1.82. The highest BCUT2D eigenvalue weighted by Crippen LogP contribution is 2.23. The topological polar surface area (TPSA) is 73.6 Å². The fourth-order valence-electron chi connectivity index (χ4n) is 1.82. The molecule has 1 aliphatic rings. The minimum absolute atomic E-state index is 0.102. The number of aliphatic hydroxyl groups excluding tert-OH is 1. The summed E-state index contributed by atoms with van der Waals surface area (Å²) < 4.78 is 4.94. The van der Waals surface area contributed by atoms with Crippen LogP contribution in [0.3, 0.4) is 0 Å². The first-order valence-electron chi connectivity index (χ1n) is 5.33. The summed E-state index contributed by atoms with van der Waals surface area (Å²) in [4.78, 5) is 13.1. The number of nitriles is 1. The highest BCUT2D eigenvalue weighted by atomic mass is 16.6. The largest absolute Gasteiger partial charge is 0.449 e. The van der Waals surface area contributed by atoms with Gasteiger partial charge in [0.05, 0.1) is 30.9 Å². The Morgan fingerprint density at radius 3 is 2.76 bits per heavy atom. The molecule has 1 aromatic rings. The van der Waals surface area contributed by atoms with Crippen LogP contribution in [0.2, 0.25) is 0 Å². The molecule has 1 amide bonds. The maximum absolute atomic E-state index is 11.6. The van der Waals surface area contributed by atoms with Crippen molar-refractivity contribution in [2.24, 2.45) is 0 Å². The smallest absolute Gasteiger partial charge is 0.414 e. The quantitative estimate of drug-likeness (QED) is 0.833. The van der Waals surface area contributed by atoms with Gasteiger partial charge in [0.1, 0.15) is 0 Å². The van der Waals surface area contributed by atoms with Crippen molar-refractivity contribution in [3.05, 3.63) is 29.8 Å². The number of nitrogens with zero attached hydrogens (tertiary/aromatic N) is 2. The Balaban J connectivity index is 2.28. The Morgan fingerprint density at radius 1 is 1.47 bits per heavy atom. The predicted molar refractivity (Wildman–Crippen MR) is 60.5 cm³/mol. The molecule has 1 fully saturated rings. The summed E-state index contributed by atoms with van der Waals surface area (Å²) in [6.45, 7) is 0.228. The van der Waals surface area contributed by atoms with E-state index in [-0.39, 0.29) is 12.6 Å². The summed E-state index contributed by atoms with van der Waals surface area (Å²) in [5.41, 5.74) is 1.16. The monoisotopic (exact) mass is 232 g/mol. The first-order valence-corrected chi connectivity index (χ1v) is 5.33. The van der Waals surface area contributed by atoms with Gasteiger partial charge in [0.15, 0.2) is 0 Å². The fraction of sp³-hybridized carbons (Fsp3) is 0.333. The molecule has 0 spiro atoms. The van der Waals surface area contributed by atoms with Crippen LogP contribution in [0.15, 0.2) is 24.3 Å². The van der Waals surface area contributed by atoms with Crippen LogP contribution >= 0.6 is 0 Å². The maximum Gasteiger partial charge on any atom is 0.414 e. The van der Waals surface area contributed by atoms with E-state index < -0.39 is 6.09 Å². The van der Waals surface area contributed by atoms with Crippen molar-refractivity contribution >= 4 is 11.8 Å². The molecule has 5 nitrogen and oxygen atoms in total. The van der Waals surface area contributed by atoms with Gasteiger partial charge in [-0.2, -0.15) is 5.26 Å². The number of cyclic esters (lactones) is 1. The van der Waals surface area contributed by atoms with Gasteiger partial charge < -0.3 is 9.84 Å². The lowest BCUT2D eigenvalue weighted by Crippen LogP contribution is -2.47. The number of carbonyl (C=O) groups excluding carboxylic acids is 1. The van der Waals surface area contributed by atoms with Gasteiger partial charge in [-0.15, -0.1) is 0 Å². The van der Waals surface area contributed by atoms with Gasteiger partial charge in [-0.25, -0.2) is 4.79 Å². The molecule has 0 bridgehead atoms. The van der Waals surface area contributed by atoms with E-state index in [0.717, 1.165) is 0 Å². The number of rotatable bonds is 2. The van der Waals surface area contributed by atoms with Crippen LogP contribution in [0.5, 0.6) is 0 Å². The minimum Gasteiger partial charge on any atom is -0.449 e. The van der Waals surface area contributed by atoms with Crippen molar-refractivity contribution in [3.63, 3.8) is 0 Å². The lowest BCUT2D eigenvalue weighted by atomic mass is 10.1. The van der Waals surface area contributed by atoms with Crippen molar-refractivity contribution in [1.29, 1.82) is 5.26 Å². The molecule has 0 aliphatic carbocycles. The van der Waals surface area contributed by atoms with Crippen LogP contribution < -0.4 is 4.90 Å². The van der Waals surface area contributed by atoms with Crippen LogP contribution in [0.1, 0.15) is 12.0 Å². The molecule has 1 N–H and O–H groups in total. The van der Waals surface area contributed by atoms with Crippen molar-refractivity contribution in [1.82, 2.24) is 0 Å². The molecule has 0 radical (unpaired) electrons. The van der Waals surface area contributed by atoms with Gasteiger partial charge in [0, 0.05) is 12.1 Å². The van der Waals surface area contributed by atoms with E-state index >= 15 is 0 Å². The van der Waals surface area contributed by atoms with Gasteiger partial charge in [-0.05, 0) is 24.3 Å². The van der Waals surface area contributed by atoms with E-state index in [2.05, 4.69) is 0 Å². The SMILES string of the molecule is N#Cc1ccc(N2C(=O)OCCC2CO)cc1. The lowest BCUT2D eigenvalue weighted by Gasteiger charge is -2.33. The molecule has 0 aromatic heterocycles. The number of benzene rings is 1. The Kier molecular flexibility index (Phi) is 3.26. The van der Waals surface area contributed by atoms with Gasteiger partial charge in [-0.1, -0.05) is 0 Å². The molecule has 88 valence electrons. The van der Waals surface area contributed by atoms with E-state index in [4.69, 9.17) is 10.00 Å². The van der Waals surface area contributed by atoms with Gasteiger partial charge >= 0.3 is 6.09 Å². The molecule has 1 heterocycles. The van der Waals surface area contributed by atoms with Gasteiger partial charge in [-0.3, -0.25) is 4.90 Å². The number of amides is 1. The lowest BCUT2D eigenvalue weighted by molar-refractivity contribution is 0.116. The normalized spacial score (nSPS) is 19.6. The molecule has 1 aromatic carbocycles. The molecule has 0 saturated carbocycles. The summed E-state index contributed by atoms with van der Waals surface area (Å²) >= 11 is 0. The van der Waals surface area contributed by atoms with Crippen molar-refractivity contribution in [2.45, 2.75) is 12.5 Å². The third-order valence-corrected chi connectivity index (χ3v) is 2.72. The van der Waals surface area contributed by atoms with E-state index in [1.807, 2.05) is 6.07 Å². The number of aliphatic hydroxyl groups is 1. The molecule has 1 atom stereocenters. The van der Waals surface area contributed by atoms with E-state index in [0.29, 0.717) is 24.3 Å². The van der Waals surface area contributed by atoms with Gasteiger partial charge in [0.25, 0.3) is 0 Å². The van der Waals surface area contributed by atoms with Crippen LogP contribution in [0.4, 0.5) is 10.5 Å².